The van der Waals surface area contributed by atoms with E-state index in [1.165, 1.54) is 33.6 Å². The van der Waals surface area contributed by atoms with Crippen molar-refractivity contribution in [3.8, 4) is 11.4 Å². The number of nitrogens with zero attached hydrogens (tertiary/aromatic N) is 2. The molecule has 0 aliphatic carbocycles. The molecule has 2 nitrogen and oxygen atoms in total. The summed E-state index contributed by atoms with van der Waals surface area (Å²) in [5.41, 5.74) is 8.29. The highest BCUT2D eigenvalue weighted by molar-refractivity contribution is 5.51. The van der Waals surface area contributed by atoms with Gasteiger partial charge in [-0.25, -0.2) is 9.13 Å². The van der Waals surface area contributed by atoms with Crippen LogP contribution >= 0.6 is 0 Å². The second-order valence-electron chi connectivity index (χ2n) is 8.69. The first kappa shape index (κ1) is 20.4. The summed E-state index contributed by atoms with van der Waals surface area (Å²) in [6.45, 7) is 15.9. The standard InChI is InChI=1S/C26H35N2/c1-8-21-11-9-12-22(18(2)3)25(21)27-15-16-28(17-27)26-23(19(4)5)13-10-14-24(26)20(6)7/h9-20H,8H2,1-7H3/q+1. The number of benzene rings is 2. The normalized spacial score (nSPS) is 11.8. The predicted octanol–water partition coefficient (Wildman–Crippen LogP) is 6.69. The molecule has 0 aliphatic rings. The molecule has 0 atom stereocenters. The van der Waals surface area contributed by atoms with Crippen LogP contribution in [0.1, 0.15) is 88.5 Å². The van der Waals surface area contributed by atoms with Gasteiger partial charge >= 0.3 is 0 Å². The molecule has 148 valence electrons. The molecule has 2 heteroatoms. The van der Waals surface area contributed by atoms with E-state index in [-0.39, 0.29) is 0 Å². The third-order valence-corrected chi connectivity index (χ3v) is 5.65. The van der Waals surface area contributed by atoms with Gasteiger partial charge in [0.2, 0.25) is 0 Å². The zero-order chi connectivity index (χ0) is 20.4. The first-order chi connectivity index (χ1) is 13.3. The van der Waals surface area contributed by atoms with Crippen LogP contribution in [0.25, 0.3) is 11.4 Å². The molecule has 3 rings (SSSR count). The molecule has 0 N–H and O–H groups in total. The van der Waals surface area contributed by atoms with E-state index in [4.69, 9.17) is 0 Å². The van der Waals surface area contributed by atoms with Crippen LogP contribution in [0.5, 0.6) is 0 Å². The molecule has 1 aromatic heterocycles. The molecule has 0 radical (unpaired) electrons. The minimum atomic E-state index is 0.485. The zero-order valence-corrected chi connectivity index (χ0v) is 18.5. The average Bonchev–Trinajstić information content (AvgIpc) is 3.15. The third kappa shape index (κ3) is 3.78. The summed E-state index contributed by atoms with van der Waals surface area (Å²) in [6.07, 6.45) is 7.71. The first-order valence-corrected chi connectivity index (χ1v) is 10.7. The molecule has 0 saturated carbocycles. The van der Waals surface area contributed by atoms with E-state index in [0.717, 1.165) is 6.42 Å². The second-order valence-corrected chi connectivity index (χ2v) is 8.69. The molecule has 0 bridgehead atoms. The van der Waals surface area contributed by atoms with Gasteiger partial charge in [-0.2, -0.15) is 0 Å². The maximum Gasteiger partial charge on any atom is 0.254 e. The smallest absolute Gasteiger partial charge is 0.201 e. The largest absolute Gasteiger partial charge is 0.254 e. The molecule has 0 aliphatic heterocycles. The van der Waals surface area contributed by atoms with Crippen molar-refractivity contribution in [3.05, 3.63) is 77.4 Å². The number of rotatable bonds is 6. The molecule has 0 unspecified atom stereocenters. The van der Waals surface area contributed by atoms with E-state index in [2.05, 4.69) is 113 Å². The number of imidazole rings is 1. The fraction of sp³-hybridized carbons (Fsp3) is 0.423. The molecule has 28 heavy (non-hydrogen) atoms. The highest BCUT2D eigenvalue weighted by Crippen LogP contribution is 2.31. The van der Waals surface area contributed by atoms with E-state index >= 15 is 0 Å². The van der Waals surface area contributed by atoms with Crippen LogP contribution in [0.3, 0.4) is 0 Å². The number of aromatic nitrogens is 2. The Morgan fingerprint density at radius 3 is 1.86 bits per heavy atom. The Hall–Kier alpha value is -2.35. The summed E-state index contributed by atoms with van der Waals surface area (Å²) >= 11 is 0. The van der Waals surface area contributed by atoms with Crippen LogP contribution in [0.4, 0.5) is 0 Å². The van der Waals surface area contributed by atoms with E-state index in [1.54, 1.807) is 0 Å². The number of para-hydroxylation sites is 2. The van der Waals surface area contributed by atoms with Gasteiger partial charge in [0.15, 0.2) is 0 Å². The van der Waals surface area contributed by atoms with E-state index < -0.39 is 0 Å². The highest BCUT2D eigenvalue weighted by Gasteiger charge is 2.22. The molecule has 3 aromatic rings. The lowest BCUT2D eigenvalue weighted by Gasteiger charge is -2.16. The summed E-state index contributed by atoms with van der Waals surface area (Å²) in [4.78, 5) is 0. The Balaban J connectivity index is 2.21. The van der Waals surface area contributed by atoms with Crippen molar-refractivity contribution in [1.82, 2.24) is 4.57 Å². The summed E-state index contributed by atoms with van der Waals surface area (Å²) in [7, 11) is 0. The average molecular weight is 376 g/mol. The number of hydrogen-bond donors (Lipinski definition) is 0. The van der Waals surface area contributed by atoms with Crippen molar-refractivity contribution in [2.45, 2.75) is 72.6 Å². The Kier molecular flexibility index (Phi) is 6.07. The van der Waals surface area contributed by atoms with Crippen molar-refractivity contribution in [3.63, 3.8) is 0 Å². The lowest BCUT2D eigenvalue weighted by Crippen LogP contribution is -2.31. The van der Waals surface area contributed by atoms with Crippen molar-refractivity contribution in [1.29, 1.82) is 0 Å². The van der Waals surface area contributed by atoms with E-state index in [0.29, 0.717) is 17.8 Å². The van der Waals surface area contributed by atoms with Crippen molar-refractivity contribution >= 4 is 0 Å². The van der Waals surface area contributed by atoms with Crippen molar-refractivity contribution < 1.29 is 4.57 Å². The Morgan fingerprint density at radius 1 is 0.786 bits per heavy atom. The van der Waals surface area contributed by atoms with Gasteiger partial charge in [0.25, 0.3) is 6.33 Å². The molecule has 2 aromatic carbocycles. The lowest BCUT2D eigenvalue weighted by atomic mass is 9.92. The summed E-state index contributed by atoms with van der Waals surface area (Å²) in [5, 5.41) is 0. The molecule has 1 heterocycles. The van der Waals surface area contributed by atoms with Gasteiger partial charge in [0.05, 0.1) is 0 Å². The van der Waals surface area contributed by atoms with Gasteiger partial charge in [-0.05, 0) is 29.7 Å². The number of aryl methyl sites for hydroxylation is 1. The van der Waals surface area contributed by atoms with E-state index in [9.17, 15) is 0 Å². The summed E-state index contributed by atoms with van der Waals surface area (Å²) in [6, 6.07) is 13.5. The monoisotopic (exact) mass is 375 g/mol. The number of hydrogen-bond acceptors (Lipinski definition) is 0. The predicted molar refractivity (Wildman–Crippen MR) is 119 cm³/mol. The Bertz CT molecular complexity index is 919. The Morgan fingerprint density at radius 2 is 1.32 bits per heavy atom. The van der Waals surface area contributed by atoms with Crippen LogP contribution in [0.2, 0.25) is 0 Å². The third-order valence-electron chi connectivity index (χ3n) is 5.65. The maximum absolute atomic E-state index is 2.32. The van der Waals surface area contributed by atoms with Crippen LogP contribution in [0.15, 0.2) is 55.1 Å². The van der Waals surface area contributed by atoms with Crippen LogP contribution in [-0.2, 0) is 6.42 Å². The van der Waals surface area contributed by atoms with Gasteiger partial charge in [-0.1, -0.05) is 84.9 Å². The summed E-state index contributed by atoms with van der Waals surface area (Å²) in [5.74, 6) is 1.46. The second kappa shape index (κ2) is 8.34. The quantitative estimate of drug-likeness (QED) is 0.425. The molecular weight excluding hydrogens is 340 g/mol. The minimum absolute atomic E-state index is 0.485. The molecule has 0 saturated heterocycles. The van der Waals surface area contributed by atoms with Gasteiger partial charge in [0, 0.05) is 16.7 Å². The van der Waals surface area contributed by atoms with Gasteiger partial charge in [-0.15, -0.1) is 0 Å². The van der Waals surface area contributed by atoms with Gasteiger partial charge in [0.1, 0.15) is 23.8 Å². The van der Waals surface area contributed by atoms with E-state index in [1.807, 2.05) is 0 Å². The highest BCUT2D eigenvalue weighted by atomic mass is 15.1. The van der Waals surface area contributed by atoms with Gasteiger partial charge in [-0.3, -0.25) is 0 Å². The molecular formula is C26H35N2+. The topological polar surface area (TPSA) is 8.81 Å². The summed E-state index contributed by atoms with van der Waals surface area (Å²) < 4.78 is 4.64. The van der Waals surface area contributed by atoms with Crippen molar-refractivity contribution in [2.75, 3.05) is 0 Å². The fourth-order valence-corrected chi connectivity index (χ4v) is 4.11. The van der Waals surface area contributed by atoms with Crippen LogP contribution in [-0.4, -0.2) is 4.57 Å². The van der Waals surface area contributed by atoms with Crippen LogP contribution in [0, 0.1) is 0 Å². The minimum Gasteiger partial charge on any atom is -0.201 e. The fourth-order valence-electron chi connectivity index (χ4n) is 4.11. The maximum atomic E-state index is 2.32. The van der Waals surface area contributed by atoms with Gasteiger partial charge < -0.3 is 0 Å². The zero-order valence-electron chi connectivity index (χ0n) is 18.5. The lowest BCUT2D eigenvalue weighted by molar-refractivity contribution is -0.595. The SMILES string of the molecule is CCc1cccc(C(C)C)c1-[n+]1ccn(-c2c(C(C)C)cccc2C(C)C)c1. The molecule has 0 fully saturated rings. The molecule has 0 spiro atoms. The van der Waals surface area contributed by atoms with Crippen molar-refractivity contribution in [2.24, 2.45) is 0 Å². The van der Waals surface area contributed by atoms with Crippen LogP contribution < -0.4 is 4.57 Å². The Labute approximate surface area is 170 Å². The first-order valence-electron chi connectivity index (χ1n) is 10.7. The molecule has 0 amide bonds.